The highest BCUT2D eigenvalue weighted by atomic mass is 127. The number of rotatable bonds is 4. The second-order valence-electron chi connectivity index (χ2n) is 5.95. The fourth-order valence-electron chi connectivity index (χ4n) is 3.58. The first-order chi connectivity index (χ1) is 10.6. The minimum atomic E-state index is -1.18. The summed E-state index contributed by atoms with van der Waals surface area (Å²) in [6, 6.07) is 9.98. The van der Waals surface area contributed by atoms with Gasteiger partial charge in [-0.3, -0.25) is 4.90 Å². The molecule has 3 unspecified atom stereocenters. The maximum Gasteiger partial charge on any atom is 0.339 e. The molecule has 22 heavy (non-hydrogen) atoms. The van der Waals surface area contributed by atoms with Gasteiger partial charge in [0, 0.05) is 24.9 Å². The third-order valence-corrected chi connectivity index (χ3v) is 5.88. The van der Waals surface area contributed by atoms with Crippen molar-refractivity contribution < 1.29 is 14.6 Å². The molecule has 1 aromatic rings. The molecule has 0 radical (unpaired) electrons. The zero-order chi connectivity index (χ0) is 15.7. The molecular weight excluding hydrogens is 508 g/mol. The first kappa shape index (κ1) is 16.9. The van der Waals surface area contributed by atoms with Crippen molar-refractivity contribution in [2.75, 3.05) is 0 Å². The molecule has 6 heteroatoms. The SMILES string of the molecule is O=C(OC1CC2CCC(C1)N2C(I)I)C(O)c1ccccc1. The third kappa shape index (κ3) is 3.59. The van der Waals surface area contributed by atoms with Crippen molar-refractivity contribution in [1.82, 2.24) is 4.90 Å². The highest BCUT2D eigenvalue weighted by Crippen LogP contribution is 2.41. The van der Waals surface area contributed by atoms with Crippen molar-refractivity contribution in [1.29, 1.82) is 0 Å². The maximum atomic E-state index is 12.2. The van der Waals surface area contributed by atoms with Crippen LogP contribution < -0.4 is 0 Å². The molecule has 3 rings (SSSR count). The molecule has 4 nitrogen and oxygen atoms in total. The lowest BCUT2D eigenvalue weighted by molar-refractivity contribution is -0.162. The van der Waals surface area contributed by atoms with Gasteiger partial charge < -0.3 is 9.84 Å². The molecule has 2 heterocycles. The highest BCUT2D eigenvalue weighted by molar-refractivity contribution is 14.2. The Bertz CT molecular complexity index is 511. The third-order valence-electron chi connectivity index (χ3n) is 4.59. The summed E-state index contributed by atoms with van der Waals surface area (Å²) in [7, 11) is 0. The number of piperidine rings is 1. The quantitative estimate of drug-likeness (QED) is 0.283. The number of ether oxygens (including phenoxy) is 1. The van der Waals surface area contributed by atoms with Crippen LogP contribution in [0.3, 0.4) is 0 Å². The fraction of sp³-hybridized carbons (Fsp3) is 0.562. The number of carbonyl (C=O) groups excluding carboxylic acids is 1. The molecule has 2 fully saturated rings. The van der Waals surface area contributed by atoms with Crippen molar-refractivity contribution in [2.45, 2.75) is 52.0 Å². The van der Waals surface area contributed by atoms with Gasteiger partial charge in [0.1, 0.15) is 8.16 Å². The van der Waals surface area contributed by atoms with Crippen LogP contribution >= 0.6 is 45.2 Å². The number of aliphatic hydroxyl groups is 1. The summed E-state index contributed by atoms with van der Waals surface area (Å²) in [6.07, 6.45) is 2.88. The largest absolute Gasteiger partial charge is 0.460 e. The van der Waals surface area contributed by atoms with E-state index in [1.807, 2.05) is 18.2 Å². The van der Waals surface area contributed by atoms with Crippen LogP contribution in [-0.4, -0.2) is 36.2 Å². The van der Waals surface area contributed by atoms with Gasteiger partial charge in [0.15, 0.2) is 6.10 Å². The summed E-state index contributed by atoms with van der Waals surface area (Å²) in [5.41, 5.74) is 0.590. The summed E-state index contributed by atoms with van der Waals surface area (Å²) >= 11 is 4.90. The molecule has 120 valence electrons. The lowest BCUT2D eigenvalue weighted by Gasteiger charge is -2.39. The number of alkyl halides is 2. The number of carbonyl (C=O) groups is 1. The van der Waals surface area contributed by atoms with E-state index in [1.165, 1.54) is 12.8 Å². The van der Waals surface area contributed by atoms with Crippen LogP contribution in [0.25, 0.3) is 0 Å². The molecule has 2 saturated heterocycles. The van der Waals surface area contributed by atoms with Crippen molar-refractivity contribution >= 4 is 51.2 Å². The molecule has 0 aliphatic carbocycles. The van der Waals surface area contributed by atoms with Crippen LogP contribution in [-0.2, 0) is 9.53 Å². The van der Waals surface area contributed by atoms with E-state index in [0.29, 0.717) is 19.7 Å². The van der Waals surface area contributed by atoms with Crippen LogP contribution in [0.15, 0.2) is 30.3 Å². The smallest absolute Gasteiger partial charge is 0.339 e. The number of hydrogen-bond donors (Lipinski definition) is 1. The molecule has 0 spiro atoms. The van der Waals surface area contributed by atoms with Gasteiger partial charge in [-0.05, 0) is 18.4 Å². The minimum absolute atomic E-state index is 0.0637. The van der Waals surface area contributed by atoms with Gasteiger partial charge in [-0.25, -0.2) is 4.79 Å². The molecule has 1 N–H and O–H groups in total. The standard InChI is InChI=1S/C16H19I2NO3/c17-16(18)19-11-6-7-12(19)9-13(8-11)22-15(21)14(20)10-4-2-1-3-5-10/h1-5,11-14,16,20H,6-9H2. The molecule has 0 saturated carbocycles. The maximum absolute atomic E-state index is 12.2. The molecule has 1 aromatic carbocycles. The molecule has 3 atom stereocenters. The lowest BCUT2D eigenvalue weighted by atomic mass is 10.0. The van der Waals surface area contributed by atoms with E-state index >= 15 is 0 Å². The van der Waals surface area contributed by atoms with Gasteiger partial charge in [-0.2, -0.15) is 0 Å². The number of esters is 1. The van der Waals surface area contributed by atoms with Gasteiger partial charge in [-0.15, -0.1) is 0 Å². The second kappa shape index (κ2) is 7.31. The first-order valence-electron chi connectivity index (χ1n) is 7.55. The Labute approximate surface area is 157 Å². The predicted molar refractivity (Wildman–Crippen MR) is 101 cm³/mol. The summed E-state index contributed by atoms with van der Waals surface area (Å²) in [5.74, 6) is -0.524. The Morgan fingerprint density at radius 2 is 1.77 bits per heavy atom. The average molecular weight is 527 g/mol. The predicted octanol–water partition coefficient (Wildman–Crippen LogP) is 3.41. The zero-order valence-corrected chi connectivity index (χ0v) is 16.4. The van der Waals surface area contributed by atoms with Crippen molar-refractivity contribution in [2.24, 2.45) is 0 Å². The summed E-state index contributed by atoms with van der Waals surface area (Å²) < 4.78 is 6.08. The van der Waals surface area contributed by atoms with E-state index < -0.39 is 12.1 Å². The minimum Gasteiger partial charge on any atom is -0.460 e. The monoisotopic (exact) mass is 527 g/mol. The normalized spacial score (nSPS) is 29.5. The Morgan fingerprint density at radius 3 is 2.32 bits per heavy atom. The summed E-state index contributed by atoms with van der Waals surface area (Å²) in [4.78, 5) is 14.7. The Balaban J connectivity index is 1.60. The van der Waals surface area contributed by atoms with Crippen LogP contribution in [0, 0.1) is 0 Å². The van der Waals surface area contributed by atoms with E-state index in [0.717, 1.165) is 12.8 Å². The van der Waals surface area contributed by atoms with Gasteiger partial charge >= 0.3 is 5.97 Å². The van der Waals surface area contributed by atoms with Crippen molar-refractivity contribution in [3.05, 3.63) is 35.9 Å². The van der Waals surface area contributed by atoms with E-state index in [2.05, 4.69) is 50.1 Å². The summed E-state index contributed by atoms with van der Waals surface area (Å²) in [6.45, 7) is 0. The second-order valence-corrected chi connectivity index (χ2v) is 10.7. The van der Waals surface area contributed by atoms with Gasteiger partial charge in [0.2, 0.25) is 0 Å². The molecule has 2 aliphatic rings. The van der Waals surface area contributed by atoms with E-state index in [9.17, 15) is 9.90 Å². The van der Waals surface area contributed by atoms with E-state index in [4.69, 9.17) is 4.74 Å². The van der Waals surface area contributed by atoms with E-state index in [1.54, 1.807) is 12.1 Å². The average Bonchev–Trinajstić information content (AvgIpc) is 2.79. The van der Waals surface area contributed by atoms with Crippen LogP contribution in [0.4, 0.5) is 0 Å². The topological polar surface area (TPSA) is 49.8 Å². The molecule has 0 aromatic heterocycles. The molecular formula is C16H19I2NO3. The van der Waals surface area contributed by atoms with Crippen LogP contribution in [0.2, 0.25) is 0 Å². The Hall–Kier alpha value is 0.0700. The first-order valence-corrected chi connectivity index (χ1v) is 10.0. The number of aliphatic hydroxyl groups excluding tert-OH is 1. The highest BCUT2D eigenvalue weighted by Gasteiger charge is 2.44. The summed E-state index contributed by atoms with van der Waals surface area (Å²) in [5, 5.41) is 10.1. The van der Waals surface area contributed by atoms with Gasteiger partial charge in [-0.1, -0.05) is 75.5 Å². The Kier molecular flexibility index (Phi) is 5.62. The fourth-order valence-corrected chi connectivity index (χ4v) is 5.40. The van der Waals surface area contributed by atoms with Crippen LogP contribution in [0.5, 0.6) is 0 Å². The van der Waals surface area contributed by atoms with Crippen molar-refractivity contribution in [3.8, 4) is 0 Å². The zero-order valence-electron chi connectivity index (χ0n) is 12.1. The lowest BCUT2D eigenvalue weighted by Crippen LogP contribution is -2.47. The van der Waals surface area contributed by atoms with E-state index in [-0.39, 0.29) is 6.10 Å². The molecule has 0 amide bonds. The number of fused-ring (bicyclic) bond motifs is 2. The van der Waals surface area contributed by atoms with Gasteiger partial charge in [0.05, 0.1) is 0 Å². The Morgan fingerprint density at radius 1 is 1.18 bits per heavy atom. The molecule has 2 bridgehead atoms. The van der Waals surface area contributed by atoms with Crippen molar-refractivity contribution in [3.63, 3.8) is 0 Å². The molecule has 2 aliphatic heterocycles. The number of benzene rings is 1. The number of halogens is 2. The van der Waals surface area contributed by atoms with Crippen LogP contribution in [0.1, 0.15) is 37.4 Å². The number of nitrogens with zero attached hydrogens (tertiary/aromatic N) is 1. The van der Waals surface area contributed by atoms with Gasteiger partial charge in [0.25, 0.3) is 0 Å². The number of hydrogen-bond acceptors (Lipinski definition) is 4.